The van der Waals surface area contributed by atoms with Gasteiger partial charge in [0.1, 0.15) is 11.5 Å². The Morgan fingerprint density at radius 1 is 1.03 bits per heavy atom. The van der Waals surface area contributed by atoms with Gasteiger partial charge in [-0.1, -0.05) is 17.8 Å². The molecule has 0 radical (unpaired) electrons. The van der Waals surface area contributed by atoms with Crippen LogP contribution in [0.15, 0.2) is 53.7 Å². The van der Waals surface area contributed by atoms with Gasteiger partial charge in [-0.3, -0.25) is 4.79 Å². The molecule has 0 saturated carbocycles. The molecule has 1 amide bonds. The number of methoxy groups -OCH3 is 1. The smallest absolute Gasteiger partial charge is 0.416 e. The summed E-state index contributed by atoms with van der Waals surface area (Å²) in [4.78, 5) is 12.7. The summed E-state index contributed by atoms with van der Waals surface area (Å²) >= 11 is 1.21. The van der Waals surface area contributed by atoms with Crippen molar-refractivity contribution in [1.82, 2.24) is 14.8 Å². The number of halogens is 3. The second kappa shape index (κ2) is 11.0. The Labute approximate surface area is 206 Å². The number of aromatic nitrogens is 3. The van der Waals surface area contributed by atoms with Crippen LogP contribution in [0.5, 0.6) is 11.5 Å². The number of nitrogens with one attached hydrogen (secondary N) is 1. The van der Waals surface area contributed by atoms with Gasteiger partial charge in [-0.05, 0) is 64.1 Å². The van der Waals surface area contributed by atoms with Crippen LogP contribution >= 0.6 is 11.8 Å². The third-order valence-corrected chi connectivity index (χ3v) is 6.11. The molecule has 11 heteroatoms. The van der Waals surface area contributed by atoms with Crippen LogP contribution in [0.25, 0.3) is 0 Å². The number of carbonyl (C=O) groups is 1. The molecule has 0 aliphatic rings. The Kier molecular flexibility index (Phi) is 8.31. The number of carbonyl (C=O) groups excluding carboxylic acids is 1. The van der Waals surface area contributed by atoms with Crippen LogP contribution in [0, 0.1) is 0 Å². The van der Waals surface area contributed by atoms with Crippen LogP contribution in [0.2, 0.25) is 0 Å². The second-order valence-electron chi connectivity index (χ2n) is 8.07. The van der Waals surface area contributed by atoms with Crippen LogP contribution in [0.3, 0.4) is 0 Å². The quantitative estimate of drug-likeness (QED) is 0.350. The molecule has 0 saturated heterocycles. The van der Waals surface area contributed by atoms with Crippen LogP contribution in [-0.2, 0) is 11.0 Å². The predicted octanol–water partition coefficient (Wildman–Crippen LogP) is 6.15. The van der Waals surface area contributed by atoms with Gasteiger partial charge >= 0.3 is 6.18 Å². The van der Waals surface area contributed by atoms with Gasteiger partial charge in [0.05, 0.1) is 17.9 Å². The molecule has 188 valence electrons. The number of hydrogen-bond acceptors (Lipinski definition) is 6. The SMILES string of the molecule is COc1cccc(OC(C)c2nnc(SC(C)C(=O)Nc3ccc(C(F)(F)F)cc3)n2C(C)C)c1. The van der Waals surface area contributed by atoms with E-state index >= 15 is 0 Å². The van der Waals surface area contributed by atoms with E-state index in [1.165, 1.54) is 23.9 Å². The minimum atomic E-state index is -4.43. The van der Waals surface area contributed by atoms with Gasteiger partial charge in [0.15, 0.2) is 17.1 Å². The van der Waals surface area contributed by atoms with Crippen molar-refractivity contribution < 1.29 is 27.4 Å². The summed E-state index contributed by atoms with van der Waals surface area (Å²) in [5.74, 6) is 1.52. The Bertz CT molecular complexity index is 1150. The third-order valence-electron chi connectivity index (χ3n) is 5.06. The minimum Gasteiger partial charge on any atom is -0.497 e. The second-order valence-corrected chi connectivity index (χ2v) is 9.38. The summed E-state index contributed by atoms with van der Waals surface area (Å²) in [5, 5.41) is 11.2. The highest BCUT2D eigenvalue weighted by molar-refractivity contribution is 8.00. The van der Waals surface area contributed by atoms with E-state index in [0.717, 1.165) is 12.1 Å². The van der Waals surface area contributed by atoms with Gasteiger partial charge in [-0.2, -0.15) is 13.2 Å². The zero-order valence-corrected chi connectivity index (χ0v) is 20.8. The molecule has 1 heterocycles. The summed E-state index contributed by atoms with van der Waals surface area (Å²) in [6.45, 7) is 7.50. The highest BCUT2D eigenvalue weighted by Gasteiger charge is 2.30. The summed E-state index contributed by atoms with van der Waals surface area (Å²) in [6, 6.07) is 11.5. The maximum absolute atomic E-state index is 12.8. The molecular weight excluding hydrogens is 481 g/mol. The number of hydrogen-bond donors (Lipinski definition) is 1. The molecule has 1 N–H and O–H groups in total. The van der Waals surface area contributed by atoms with E-state index in [1.807, 2.05) is 43.5 Å². The molecule has 2 unspecified atom stereocenters. The number of ether oxygens (including phenoxy) is 2. The number of anilines is 1. The van der Waals surface area contributed by atoms with Crippen LogP contribution in [0.4, 0.5) is 18.9 Å². The summed E-state index contributed by atoms with van der Waals surface area (Å²) in [7, 11) is 1.58. The number of amides is 1. The van der Waals surface area contributed by atoms with Crippen molar-refractivity contribution in [2.45, 2.75) is 56.4 Å². The third kappa shape index (κ3) is 6.68. The zero-order valence-electron chi connectivity index (χ0n) is 20.0. The summed E-state index contributed by atoms with van der Waals surface area (Å²) < 4.78 is 51.4. The lowest BCUT2D eigenvalue weighted by Crippen LogP contribution is -2.23. The van der Waals surface area contributed by atoms with E-state index in [2.05, 4.69) is 15.5 Å². The molecular formula is C24H27F3N4O3S. The lowest BCUT2D eigenvalue weighted by molar-refractivity contribution is -0.137. The molecule has 1 aromatic heterocycles. The molecule has 0 spiro atoms. The maximum Gasteiger partial charge on any atom is 0.416 e. The van der Waals surface area contributed by atoms with Gasteiger partial charge in [-0.15, -0.1) is 10.2 Å². The first-order chi connectivity index (χ1) is 16.5. The Balaban J connectivity index is 1.71. The highest BCUT2D eigenvalue weighted by Crippen LogP contribution is 2.32. The van der Waals surface area contributed by atoms with E-state index in [0.29, 0.717) is 22.5 Å². The molecule has 2 aromatic carbocycles. The molecule has 0 fully saturated rings. The monoisotopic (exact) mass is 508 g/mol. The van der Waals surface area contributed by atoms with E-state index < -0.39 is 23.1 Å². The van der Waals surface area contributed by atoms with Crippen LogP contribution in [0.1, 0.15) is 51.2 Å². The lowest BCUT2D eigenvalue weighted by Gasteiger charge is -2.20. The lowest BCUT2D eigenvalue weighted by atomic mass is 10.2. The van der Waals surface area contributed by atoms with Crippen molar-refractivity contribution in [3.05, 3.63) is 59.9 Å². The average Bonchev–Trinajstić information content (AvgIpc) is 3.23. The van der Waals surface area contributed by atoms with Gasteiger partial charge in [0, 0.05) is 17.8 Å². The van der Waals surface area contributed by atoms with Crippen molar-refractivity contribution in [1.29, 1.82) is 0 Å². The van der Waals surface area contributed by atoms with Crippen LogP contribution < -0.4 is 14.8 Å². The standard InChI is InChI=1S/C24H27F3N4O3S/c1-14(2)31-21(15(3)34-20-8-6-7-19(13-20)33-5)29-30-23(31)35-16(4)22(32)28-18-11-9-17(10-12-18)24(25,26)27/h6-16H,1-5H3,(H,28,32). The van der Waals surface area contributed by atoms with E-state index in [9.17, 15) is 18.0 Å². The van der Waals surface area contributed by atoms with Crippen molar-refractivity contribution in [2.24, 2.45) is 0 Å². The first-order valence-corrected chi connectivity index (χ1v) is 11.8. The number of benzene rings is 2. The number of rotatable bonds is 9. The Hall–Kier alpha value is -3.21. The zero-order chi connectivity index (χ0) is 25.8. The normalized spacial score (nSPS) is 13.4. The molecule has 35 heavy (non-hydrogen) atoms. The largest absolute Gasteiger partial charge is 0.497 e. The van der Waals surface area contributed by atoms with Crippen molar-refractivity contribution in [2.75, 3.05) is 12.4 Å². The number of thioether (sulfide) groups is 1. The molecule has 3 rings (SSSR count). The number of nitrogens with zero attached hydrogens (tertiary/aromatic N) is 3. The van der Waals surface area contributed by atoms with Gasteiger partial charge in [0.25, 0.3) is 0 Å². The van der Waals surface area contributed by atoms with Crippen LogP contribution in [-0.4, -0.2) is 33.0 Å². The first kappa shape index (κ1) is 26.4. The molecule has 3 aromatic rings. The summed E-state index contributed by atoms with van der Waals surface area (Å²) in [5.41, 5.74) is -0.498. The predicted molar refractivity (Wildman–Crippen MR) is 128 cm³/mol. The van der Waals surface area contributed by atoms with E-state index in [1.54, 1.807) is 20.1 Å². The molecule has 0 aliphatic heterocycles. The Morgan fingerprint density at radius 3 is 2.29 bits per heavy atom. The average molecular weight is 509 g/mol. The van der Waals surface area contributed by atoms with Gasteiger partial charge < -0.3 is 19.4 Å². The minimum absolute atomic E-state index is 0.0102. The van der Waals surface area contributed by atoms with Gasteiger partial charge in [0.2, 0.25) is 5.91 Å². The molecule has 7 nitrogen and oxygen atoms in total. The fourth-order valence-electron chi connectivity index (χ4n) is 3.26. The van der Waals surface area contributed by atoms with E-state index in [4.69, 9.17) is 9.47 Å². The van der Waals surface area contributed by atoms with Crippen molar-refractivity contribution in [3.63, 3.8) is 0 Å². The topological polar surface area (TPSA) is 78.3 Å². The molecule has 0 aliphatic carbocycles. The van der Waals surface area contributed by atoms with E-state index in [-0.39, 0.29) is 17.6 Å². The number of alkyl halides is 3. The maximum atomic E-state index is 12.8. The fourth-order valence-corrected chi connectivity index (χ4v) is 4.25. The fraction of sp³-hybridized carbons (Fsp3) is 0.375. The van der Waals surface area contributed by atoms with Crippen molar-refractivity contribution >= 4 is 23.4 Å². The first-order valence-electron chi connectivity index (χ1n) is 10.9. The van der Waals surface area contributed by atoms with Crippen molar-refractivity contribution in [3.8, 4) is 11.5 Å². The molecule has 0 bridgehead atoms. The summed E-state index contributed by atoms with van der Waals surface area (Å²) in [6.07, 6.45) is -4.86. The van der Waals surface area contributed by atoms with Gasteiger partial charge in [-0.25, -0.2) is 0 Å². The Morgan fingerprint density at radius 2 is 1.69 bits per heavy atom. The highest BCUT2D eigenvalue weighted by atomic mass is 32.2. The molecule has 2 atom stereocenters.